The molecule has 1 aromatic carbocycles. The molecule has 84 valence electrons. The Balaban J connectivity index is 2.25. The van der Waals surface area contributed by atoms with E-state index in [1.165, 1.54) is 0 Å². The summed E-state index contributed by atoms with van der Waals surface area (Å²) in [5, 5.41) is 1.01. The summed E-state index contributed by atoms with van der Waals surface area (Å²) < 4.78 is 10.3. The van der Waals surface area contributed by atoms with Crippen LogP contribution in [0.5, 0.6) is 5.88 Å². The molecule has 0 amide bonds. The van der Waals surface area contributed by atoms with Gasteiger partial charge < -0.3 is 15.2 Å². The number of nitrogens with zero attached hydrogens (tertiary/aromatic N) is 1. The molecule has 16 heavy (non-hydrogen) atoms. The number of hydrogen-bond donors (Lipinski definition) is 1. The fourth-order valence-electron chi connectivity index (χ4n) is 1.46. The third-order valence-electron chi connectivity index (χ3n) is 2.26. The quantitative estimate of drug-likeness (QED) is 0.628. The number of benzene rings is 1. The lowest BCUT2D eigenvalue weighted by Crippen LogP contribution is -2.05. The molecule has 0 aliphatic heterocycles. The van der Waals surface area contributed by atoms with E-state index in [1.54, 1.807) is 7.11 Å². The first-order chi connectivity index (χ1) is 7.81. The lowest BCUT2D eigenvalue weighted by Gasteiger charge is -2.06. The minimum atomic E-state index is 0.488. The summed E-state index contributed by atoms with van der Waals surface area (Å²) in [5.74, 6) is 0.572. The molecule has 0 radical (unpaired) electrons. The zero-order valence-corrected chi connectivity index (χ0v) is 9.14. The molecule has 0 fully saturated rings. The highest BCUT2D eigenvalue weighted by molar-refractivity contribution is 5.89. The number of fused-ring (bicyclic) bond motifs is 1. The van der Waals surface area contributed by atoms with Crippen molar-refractivity contribution in [2.45, 2.75) is 0 Å². The maximum Gasteiger partial charge on any atom is 0.213 e. The second-order valence-electron chi connectivity index (χ2n) is 3.41. The first-order valence-corrected chi connectivity index (χ1v) is 5.08. The molecule has 0 unspecified atom stereocenters. The van der Waals surface area contributed by atoms with Gasteiger partial charge in [0.1, 0.15) is 6.61 Å². The van der Waals surface area contributed by atoms with E-state index < -0.39 is 0 Å². The van der Waals surface area contributed by atoms with Crippen LogP contribution < -0.4 is 10.5 Å². The van der Waals surface area contributed by atoms with Crippen LogP contribution in [-0.4, -0.2) is 25.3 Å². The van der Waals surface area contributed by atoms with Crippen LogP contribution in [-0.2, 0) is 4.74 Å². The summed E-state index contributed by atoms with van der Waals surface area (Å²) in [5.41, 5.74) is 7.27. The highest BCUT2D eigenvalue weighted by Gasteiger charge is 2.01. The van der Waals surface area contributed by atoms with Crippen molar-refractivity contribution < 1.29 is 9.47 Å². The molecule has 0 aliphatic carbocycles. The van der Waals surface area contributed by atoms with Crippen molar-refractivity contribution in [1.29, 1.82) is 0 Å². The highest BCUT2D eigenvalue weighted by atomic mass is 16.5. The number of anilines is 1. The van der Waals surface area contributed by atoms with Gasteiger partial charge in [-0.25, -0.2) is 4.98 Å². The average molecular weight is 218 g/mol. The van der Waals surface area contributed by atoms with Gasteiger partial charge in [0.2, 0.25) is 5.88 Å². The maximum atomic E-state index is 5.84. The molecule has 2 N–H and O–H groups in total. The topological polar surface area (TPSA) is 57.4 Å². The Morgan fingerprint density at radius 2 is 2.06 bits per heavy atom. The van der Waals surface area contributed by atoms with Gasteiger partial charge in [-0.05, 0) is 12.1 Å². The van der Waals surface area contributed by atoms with E-state index in [-0.39, 0.29) is 0 Å². The number of pyridine rings is 1. The largest absolute Gasteiger partial charge is 0.475 e. The van der Waals surface area contributed by atoms with Gasteiger partial charge in [0, 0.05) is 18.6 Å². The molecule has 0 spiro atoms. The number of para-hydroxylation sites is 1. The summed E-state index contributed by atoms with van der Waals surface area (Å²) in [6.45, 7) is 1.03. The smallest absolute Gasteiger partial charge is 0.213 e. The molecule has 0 bridgehead atoms. The molecular formula is C12H14N2O2. The third kappa shape index (κ3) is 2.23. The van der Waals surface area contributed by atoms with Gasteiger partial charge in [0.05, 0.1) is 17.8 Å². The van der Waals surface area contributed by atoms with Crippen LogP contribution in [0.3, 0.4) is 0 Å². The van der Waals surface area contributed by atoms with E-state index in [9.17, 15) is 0 Å². The van der Waals surface area contributed by atoms with Crippen molar-refractivity contribution in [3.05, 3.63) is 30.3 Å². The Bertz CT molecular complexity index is 485. The monoisotopic (exact) mass is 218 g/mol. The first kappa shape index (κ1) is 10.7. The maximum absolute atomic E-state index is 5.84. The van der Waals surface area contributed by atoms with Crippen molar-refractivity contribution in [2.75, 3.05) is 26.1 Å². The lowest BCUT2D eigenvalue weighted by atomic mass is 10.2. The number of nitrogen functional groups attached to an aromatic ring is 1. The molecule has 4 heteroatoms. The van der Waals surface area contributed by atoms with Gasteiger partial charge in [-0.15, -0.1) is 0 Å². The van der Waals surface area contributed by atoms with E-state index in [0.29, 0.717) is 24.8 Å². The normalized spacial score (nSPS) is 10.6. The van der Waals surface area contributed by atoms with Crippen molar-refractivity contribution in [3.63, 3.8) is 0 Å². The van der Waals surface area contributed by atoms with Crippen LogP contribution in [0.1, 0.15) is 0 Å². The molecule has 1 aromatic heterocycles. The summed E-state index contributed by atoms with van der Waals surface area (Å²) in [7, 11) is 1.63. The second-order valence-corrected chi connectivity index (χ2v) is 3.41. The second kappa shape index (κ2) is 4.81. The van der Waals surface area contributed by atoms with E-state index in [4.69, 9.17) is 15.2 Å². The number of ether oxygens (including phenoxy) is 2. The Morgan fingerprint density at radius 1 is 1.19 bits per heavy atom. The van der Waals surface area contributed by atoms with Gasteiger partial charge in [-0.2, -0.15) is 0 Å². The SMILES string of the molecule is COCCOc1ccc2cccc(N)c2n1. The van der Waals surface area contributed by atoms with Crippen LogP contribution in [0.4, 0.5) is 5.69 Å². The Hall–Kier alpha value is -1.81. The minimum Gasteiger partial charge on any atom is -0.475 e. The average Bonchev–Trinajstić information content (AvgIpc) is 2.30. The van der Waals surface area contributed by atoms with Crippen LogP contribution >= 0.6 is 0 Å². The zero-order chi connectivity index (χ0) is 11.4. The van der Waals surface area contributed by atoms with Gasteiger partial charge in [0.25, 0.3) is 0 Å². The molecule has 0 atom stereocenters. The van der Waals surface area contributed by atoms with Crippen molar-refractivity contribution in [1.82, 2.24) is 4.98 Å². The van der Waals surface area contributed by atoms with Crippen molar-refractivity contribution in [3.8, 4) is 5.88 Å². The van der Waals surface area contributed by atoms with Crippen LogP contribution in [0.2, 0.25) is 0 Å². The summed E-state index contributed by atoms with van der Waals surface area (Å²) >= 11 is 0. The van der Waals surface area contributed by atoms with Crippen LogP contribution in [0.15, 0.2) is 30.3 Å². The molecular weight excluding hydrogens is 204 g/mol. The minimum absolute atomic E-state index is 0.488. The van der Waals surface area contributed by atoms with E-state index in [0.717, 1.165) is 10.9 Å². The molecule has 0 saturated carbocycles. The Kier molecular flexibility index (Phi) is 3.22. The van der Waals surface area contributed by atoms with Crippen molar-refractivity contribution >= 4 is 16.6 Å². The summed E-state index contributed by atoms with van der Waals surface area (Å²) in [4.78, 5) is 4.34. The molecule has 1 heterocycles. The molecule has 2 rings (SSSR count). The number of nitrogens with two attached hydrogens (primary N) is 1. The zero-order valence-electron chi connectivity index (χ0n) is 9.14. The number of rotatable bonds is 4. The van der Waals surface area contributed by atoms with Crippen LogP contribution in [0.25, 0.3) is 10.9 Å². The van der Waals surface area contributed by atoms with E-state index in [2.05, 4.69) is 4.98 Å². The molecule has 0 saturated heterocycles. The van der Waals surface area contributed by atoms with Crippen LogP contribution in [0, 0.1) is 0 Å². The van der Waals surface area contributed by atoms with Gasteiger partial charge in [0.15, 0.2) is 0 Å². The van der Waals surface area contributed by atoms with Gasteiger partial charge >= 0.3 is 0 Å². The summed E-state index contributed by atoms with van der Waals surface area (Å²) in [6, 6.07) is 9.48. The molecule has 0 aliphatic rings. The highest BCUT2D eigenvalue weighted by Crippen LogP contribution is 2.21. The molecule has 2 aromatic rings. The fraction of sp³-hybridized carbons (Fsp3) is 0.250. The lowest BCUT2D eigenvalue weighted by molar-refractivity contribution is 0.144. The van der Waals surface area contributed by atoms with Gasteiger partial charge in [-0.1, -0.05) is 12.1 Å². The fourth-order valence-corrected chi connectivity index (χ4v) is 1.46. The third-order valence-corrected chi connectivity index (χ3v) is 2.26. The summed E-state index contributed by atoms with van der Waals surface area (Å²) in [6.07, 6.45) is 0. The van der Waals surface area contributed by atoms with Crippen molar-refractivity contribution in [2.24, 2.45) is 0 Å². The van der Waals surface area contributed by atoms with Gasteiger partial charge in [-0.3, -0.25) is 0 Å². The molecule has 4 nitrogen and oxygen atoms in total. The predicted octanol–water partition coefficient (Wildman–Crippen LogP) is 1.84. The Labute approximate surface area is 94.0 Å². The predicted molar refractivity (Wildman–Crippen MR) is 63.5 cm³/mol. The number of aromatic nitrogens is 1. The standard InChI is InChI=1S/C12H14N2O2/c1-15-7-8-16-11-6-5-9-3-2-4-10(13)12(9)14-11/h2-6H,7-8,13H2,1H3. The first-order valence-electron chi connectivity index (χ1n) is 5.08. The number of methoxy groups -OCH3 is 1. The van der Waals surface area contributed by atoms with E-state index in [1.807, 2.05) is 30.3 Å². The number of hydrogen-bond acceptors (Lipinski definition) is 4. The van der Waals surface area contributed by atoms with E-state index >= 15 is 0 Å². The Morgan fingerprint density at radius 3 is 2.88 bits per heavy atom.